The first-order valence-electron chi connectivity index (χ1n) is 10.8. The number of amides is 1. The number of thiazole rings is 1. The van der Waals surface area contributed by atoms with Gasteiger partial charge >= 0.3 is 0 Å². The zero-order valence-corrected chi connectivity index (χ0v) is 21.4. The van der Waals surface area contributed by atoms with Crippen LogP contribution in [0.25, 0.3) is 10.3 Å². The average Bonchev–Trinajstić information content (AvgIpc) is 3.14. The Kier molecular flexibility index (Phi) is 7.61. The predicted molar refractivity (Wildman–Crippen MR) is 136 cm³/mol. The molecular formula is C23H31N5O2S2. The third-order valence-electron chi connectivity index (χ3n) is 5.24. The number of fused-ring (bicyclic) bond motifs is 1. The SMILES string of the molecule is CCN(CC)c1nc2nc(SCC(=O)Nc3c(C)cc(C)cc3C)n(C(C)C)c(=O)c2s1. The van der Waals surface area contributed by atoms with E-state index in [4.69, 9.17) is 0 Å². The highest BCUT2D eigenvalue weighted by atomic mass is 32.2. The van der Waals surface area contributed by atoms with E-state index in [1.165, 1.54) is 23.1 Å². The summed E-state index contributed by atoms with van der Waals surface area (Å²) in [6, 6.07) is 4.03. The summed E-state index contributed by atoms with van der Waals surface area (Å²) in [7, 11) is 0. The number of rotatable bonds is 8. The summed E-state index contributed by atoms with van der Waals surface area (Å²) < 4.78 is 2.22. The minimum Gasteiger partial charge on any atom is -0.349 e. The molecule has 1 amide bonds. The van der Waals surface area contributed by atoms with Crippen LogP contribution in [0.2, 0.25) is 0 Å². The molecule has 32 heavy (non-hydrogen) atoms. The number of nitrogens with one attached hydrogen (secondary N) is 1. The highest BCUT2D eigenvalue weighted by molar-refractivity contribution is 7.99. The average molecular weight is 474 g/mol. The second-order valence-electron chi connectivity index (χ2n) is 8.10. The molecule has 3 rings (SSSR count). The van der Waals surface area contributed by atoms with Crippen molar-refractivity contribution < 1.29 is 4.79 Å². The van der Waals surface area contributed by atoms with Crippen LogP contribution in [-0.2, 0) is 4.79 Å². The van der Waals surface area contributed by atoms with Crippen LogP contribution in [0.15, 0.2) is 22.1 Å². The number of carbonyl (C=O) groups is 1. The maximum Gasteiger partial charge on any atom is 0.274 e. The zero-order chi connectivity index (χ0) is 23.6. The van der Waals surface area contributed by atoms with Crippen molar-refractivity contribution in [3.8, 4) is 0 Å². The summed E-state index contributed by atoms with van der Waals surface area (Å²) in [4.78, 5) is 37.3. The second kappa shape index (κ2) is 10.0. The number of aromatic nitrogens is 3. The van der Waals surface area contributed by atoms with Crippen LogP contribution < -0.4 is 15.8 Å². The Hall–Kier alpha value is -2.39. The summed E-state index contributed by atoms with van der Waals surface area (Å²) in [6.07, 6.45) is 0. The van der Waals surface area contributed by atoms with E-state index >= 15 is 0 Å². The van der Waals surface area contributed by atoms with Crippen LogP contribution in [0.1, 0.15) is 50.4 Å². The Bertz CT molecular complexity index is 1170. The van der Waals surface area contributed by atoms with Crippen molar-refractivity contribution in [3.63, 3.8) is 0 Å². The molecule has 0 saturated heterocycles. The molecule has 7 nitrogen and oxygen atoms in total. The number of aryl methyl sites for hydroxylation is 3. The lowest BCUT2D eigenvalue weighted by Gasteiger charge is -2.15. The van der Waals surface area contributed by atoms with Gasteiger partial charge in [-0.25, -0.2) is 4.98 Å². The summed E-state index contributed by atoms with van der Waals surface area (Å²) in [6.45, 7) is 15.7. The third kappa shape index (κ3) is 4.99. The Morgan fingerprint density at radius 2 is 1.78 bits per heavy atom. The zero-order valence-electron chi connectivity index (χ0n) is 19.8. The van der Waals surface area contributed by atoms with E-state index in [0.717, 1.165) is 40.6 Å². The molecule has 1 N–H and O–H groups in total. The Morgan fingerprint density at radius 3 is 2.34 bits per heavy atom. The van der Waals surface area contributed by atoms with Crippen LogP contribution in [0.5, 0.6) is 0 Å². The third-order valence-corrected chi connectivity index (χ3v) is 7.29. The minimum absolute atomic E-state index is 0.0782. The smallest absolute Gasteiger partial charge is 0.274 e. The van der Waals surface area contributed by atoms with Crippen LogP contribution in [0.4, 0.5) is 10.8 Å². The number of carbonyl (C=O) groups excluding carboxylic acids is 1. The Balaban J connectivity index is 1.88. The van der Waals surface area contributed by atoms with E-state index in [1.54, 1.807) is 4.57 Å². The lowest BCUT2D eigenvalue weighted by atomic mass is 10.1. The summed E-state index contributed by atoms with van der Waals surface area (Å²) >= 11 is 2.65. The molecule has 2 heterocycles. The molecule has 0 fully saturated rings. The summed E-state index contributed by atoms with van der Waals surface area (Å²) in [5.41, 5.74) is 4.42. The first kappa shape index (κ1) is 24.3. The van der Waals surface area contributed by atoms with Crippen molar-refractivity contribution in [1.82, 2.24) is 14.5 Å². The lowest BCUT2D eigenvalue weighted by molar-refractivity contribution is -0.113. The predicted octanol–water partition coefficient (Wildman–Crippen LogP) is 4.94. The molecule has 0 aliphatic heterocycles. The second-order valence-corrected chi connectivity index (χ2v) is 10.0. The van der Waals surface area contributed by atoms with Crippen molar-refractivity contribution >= 4 is 50.2 Å². The van der Waals surface area contributed by atoms with E-state index in [-0.39, 0.29) is 23.3 Å². The normalized spacial score (nSPS) is 11.4. The van der Waals surface area contributed by atoms with Gasteiger partial charge in [0.2, 0.25) is 5.91 Å². The molecule has 0 radical (unpaired) electrons. The molecule has 0 atom stereocenters. The van der Waals surface area contributed by atoms with Gasteiger partial charge < -0.3 is 10.2 Å². The molecular weight excluding hydrogens is 442 g/mol. The molecule has 1 aromatic carbocycles. The summed E-state index contributed by atoms with van der Waals surface area (Å²) in [5, 5.41) is 4.33. The molecule has 0 unspecified atom stereocenters. The van der Waals surface area contributed by atoms with Crippen molar-refractivity contribution in [2.45, 2.75) is 59.7 Å². The number of hydrogen-bond donors (Lipinski definition) is 1. The highest BCUT2D eigenvalue weighted by Gasteiger charge is 2.20. The molecule has 0 aliphatic rings. The number of anilines is 2. The summed E-state index contributed by atoms with van der Waals surface area (Å²) in [5.74, 6) is 0.0293. The van der Waals surface area contributed by atoms with Gasteiger partial charge in [0.25, 0.3) is 5.56 Å². The lowest BCUT2D eigenvalue weighted by Crippen LogP contribution is -2.25. The molecule has 0 saturated carbocycles. The van der Waals surface area contributed by atoms with Gasteiger partial charge in [0.05, 0.1) is 5.75 Å². The molecule has 0 spiro atoms. The van der Waals surface area contributed by atoms with Crippen LogP contribution >= 0.6 is 23.1 Å². The largest absolute Gasteiger partial charge is 0.349 e. The van der Waals surface area contributed by atoms with Crippen molar-refractivity contribution in [1.29, 1.82) is 0 Å². The van der Waals surface area contributed by atoms with Crippen molar-refractivity contribution in [3.05, 3.63) is 39.2 Å². The van der Waals surface area contributed by atoms with Crippen molar-refractivity contribution in [2.24, 2.45) is 0 Å². The minimum atomic E-state index is -0.128. The molecule has 9 heteroatoms. The Morgan fingerprint density at radius 1 is 1.16 bits per heavy atom. The van der Waals surface area contributed by atoms with E-state index in [2.05, 4.69) is 46.2 Å². The molecule has 2 aromatic heterocycles. The maximum atomic E-state index is 13.2. The molecule has 0 bridgehead atoms. The number of thioether (sulfide) groups is 1. The first-order valence-corrected chi connectivity index (χ1v) is 12.6. The van der Waals surface area contributed by atoms with E-state index in [0.29, 0.717) is 15.5 Å². The van der Waals surface area contributed by atoms with Crippen LogP contribution in [0.3, 0.4) is 0 Å². The molecule has 172 valence electrons. The van der Waals surface area contributed by atoms with Gasteiger partial charge in [0.15, 0.2) is 15.9 Å². The van der Waals surface area contributed by atoms with E-state index in [1.807, 2.05) is 34.6 Å². The Labute approximate surface area is 197 Å². The number of benzene rings is 1. The fraction of sp³-hybridized carbons (Fsp3) is 0.478. The first-order chi connectivity index (χ1) is 15.2. The van der Waals surface area contributed by atoms with Crippen LogP contribution in [0, 0.1) is 20.8 Å². The van der Waals surface area contributed by atoms with Crippen molar-refractivity contribution in [2.75, 3.05) is 29.1 Å². The fourth-order valence-electron chi connectivity index (χ4n) is 3.73. The quantitative estimate of drug-likeness (QED) is 0.369. The maximum absolute atomic E-state index is 13.2. The van der Waals surface area contributed by atoms with Crippen LogP contribution in [-0.4, -0.2) is 39.3 Å². The van der Waals surface area contributed by atoms with E-state index in [9.17, 15) is 9.59 Å². The van der Waals surface area contributed by atoms with E-state index < -0.39 is 0 Å². The van der Waals surface area contributed by atoms with Gasteiger partial charge in [0.1, 0.15) is 4.70 Å². The standard InChI is InChI=1S/C23H31N5O2S2/c1-8-27(9-2)22-25-20-19(32-22)21(30)28(13(3)4)23(26-20)31-12-17(29)24-18-15(6)10-14(5)11-16(18)7/h10-11,13H,8-9,12H2,1-7H3,(H,24,29). The molecule has 0 aliphatic carbocycles. The molecule has 3 aromatic rings. The number of nitrogens with zero attached hydrogens (tertiary/aromatic N) is 4. The highest BCUT2D eigenvalue weighted by Crippen LogP contribution is 2.29. The fourth-order valence-corrected chi connectivity index (χ4v) is 5.71. The number of hydrogen-bond acceptors (Lipinski definition) is 7. The topological polar surface area (TPSA) is 80.1 Å². The van der Waals surface area contributed by atoms with Gasteiger partial charge in [0, 0.05) is 24.8 Å². The van der Waals surface area contributed by atoms with Gasteiger partial charge in [-0.05, 0) is 59.6 Å². The van der Waals surface area contributed by atoms with Gasteiger partial charge in [-0.3, -0.25) is 14.2 Å². The van der Waals surface area contributed by atoms with Gasteiger partial charge in [-0.1, -0.05) is 40.8 Å². The van der Waals surface area contributed by atoms with Gasteiger partial charge in [-0.15, -0.1) is 0 Å². The monoisotopic (exact) mass is 473 g/mol. The van der Waals surface area contributed by atoms with Gasteiger partial charge in [-0.2, -0.15) is 4.98 Å².